The number of ether oxygens (including phenoxy) is 1. The summed E-state index contributed by atoms with van der Waals surface area (Å²) in [4.78, 5) is 16.3. The molecule has 1 amide bonds. The van der Waals surface area contributed by atoms with Gasteiger partial charge in [0.15, 0.2) is 5.13 Å². The minimum atomic E-state index is -0.372. The molecule has 0 fully saturated rings. The molecule has 0 aliphatic rings. The van der Waals surface area contributed by atoms with Crippen molar-refractivity contribution in [3.63, 3.8) is 0 Å². The van der Waals surface area contributed by atoms with E-state index in [4.69, 9.17) is 16.3 Å². The van der Waals surface area contributed by atoms with Gasteiger partial charge in [-0.25, -0.2) is 4.98 Å². The summed E-state index contributed by atoms with van der Waals surface area (Å²) in [6.45, 7) is 2.53. The van der Waals surface area contributed by atoms with E-state index in [-0.39, 0.29) is 15.4 Å². The van der Waals surface area contributed by atoms with Crippen LogP contribution in [0.1, 0.15) is 16.7 Å². The molecule has 3 aromatic rings. The van der Waals surface area contributed by atoms with Crippen LogP contribution in [0.5, 0.6) is 5.75 Å². The number of halogens is 1. The van der Waals surface area contributed by atoms with E-state index in [0.717, 1.165) is 27.3 Å². The normalized spacial score (nSPS) is 10.8. The summed E-state index contributed by atoms with van der Waals surface area (Å²) in [7, 11) is 0. The fourth-order valence-electron chi connectivity index (χ4n) is 1.66. The molecule has 21 heavy (non-hydrogen) atoms. The van der Waals surface area contributed by atoms with Gasteiger partial charge in [0.1, 0.15) is 5.75 Å². The second-order valence-electron chi connectivity index (χ2n) is 3.90. The molecule has 0 spiro atoms. The lowest BCUT2D eigenvalue weighted by molar-refractivity contribution is 0.102. The molecule has 108 valence electrons. The maximum Gasteiger partial charge on any atom is 0.288 e. The van der Waals surface area contributed by atoms with Crippen molar-refractivity contribution in [2.45, 2.75) is 6.92 Å². The Morgan fingerprint density at radius 2 is 2.24 bits per heavy atom. The third-order valence-corrected chi connectivity index (χ3v) is 4.44. The van der Waals surface area contributed by atoms with Gasteiger partial charge in [0.2, 0.25) is 9.47 Å². The van der Waals surface area contributed by atoms with E-state index in [2.05, 4.69) is 20.5 Å². The number of nitrogens with one attached hydrogen (secondary N) is 1. The van der Waals surface area contributed by atoms with Crippen molar-refractivity contribution in [3.8, 4) is 5.75 Å². The third-order valence-electron chi connectivity index (χ3n) is 2.49. The van der Waals surface area contributed by atoms with E-state index in [1.807, 2.05) is 25.1 Å². The summed E-state index contributed by atoms with van der Waals surface area (Å²) in [5.41, 5.74) is 0.800. The van der Waals surface area contributed by atoms with Crippen LogP contribution in [0, 0.1) is 0 Å². The van der Waals surface area contributed by atoms with Gasteiger partial charge in [-0.1, -0.05) is 22.7 Å². The Kier molecular flexibility index (Phi) is 4.00. The van der Waals surface area contributed by atoms with Crippen molar-refractivity contribution in [2.75, 3.05) is 11.9 Å². The van der Waals surface area contributed by atoms with Crippen LogP contribution in [0.3, 0.4) is 0 Å². The molecule has 1 N–H and O–H groups in total. The number of hydrogen-bond donors (Lipinski definition) is 1. The molecule has 2 heterocycles. The van der Waals surface area contributed by atoms with E-state index in [1.54, 1.807) is 0 Å². The largest absolute Gasteiger partial charge is 0.494 e. The molecular weight excluding hydrogens is 332 g/mol. The number of carbonyl (C=O) groups excluding carboxylic acids is 1. The van der Waals surface area contributed by atoms with Gasteiger partial charge >= 0.3 is 0 Å². The molecule has 0 saturated carbocycles. The summed E-state index contributed by atoms with van der Waals surface area (Å²) in [6.07, 6.45) is 0. The van der Waals surface area contributed by atoms with Crippen LogP contribution in [0.25, 0.3) is 10.2 Å². The molecule has 2 aromatic heterocycles. The first kappa shape index (κ1) is 14.2. The van der Waals surface area contributed by atoms with Crippen molar-refractivity contribution in [1.29, 1.82) is 0 Å². The lowest BCUT2D eigenvalue weighted by Gasteiger charge is -2.00. The van der Waals surface area contributed by atoms with Gasteiger partial charge in [-0.05, 0) is 36.7 Å². The van der Waals surface area contributed by atoms with Gasteiger partial charge in [-0.2, -0.15) is 0 Å². The molecule has 0 bridgehead atoms. The summed E-state index contributed by atoms with van der Waals surface area (Å²) >= 11 is 8.04. The lowest BCUT2D eigenvalue weighted by atomic mass is 10.3. The lowest BCUT2D eigenvalue weighted by Crippen LogP contribution is -2.11. The van der Waals surface area contributed by atoms with E-state index >= 15 is 0 Å². The first-order chi connectivity index (χ1) is 10.2. The average molecular weight is 341 g/mol. The van der Waals surface area contributed by atoms with Crippen molar-refractivity contribution in [1.82, 2.24) is 15.2 Å². The van der Waals surface area contributed by atoms with Crippen molar-refractivity contribution < 1.29 is 9.53 Å². The molecule has 9 heteroatoms. The van der Waals surface area contributed by atoms with Gasteiger partial charge in [-0.3, -0.25) is 10.1 Å². The molecule has 0 aliphatic heterocycles. The molecule has 0 radical (unpaired) electrons. The van der Waals surface area contributed by atoms with Gasteiger partial charge in [-0.15, -0.1) is 10.2 Å². The highest BCUT2D eigenvalue weighted by atomic mass is 35.5. The molecule has 1 aromatic carbocycles. The number of rotatable bonds is 4. The number of benzene rings is 1. The summed E-state index contributed by atoms with van der Waals surface area (Å²) in [6, 6.07) is 5.60. The highest BCUT2D eigenvalue weighted by Crippen LogP contribution is 2.29. The number of nitrogens with zero attached hydrogens (tertiary/aromatic N) is 3. The molecule has 3 rings (SSSR count). The maximum absolute atomic E-state index is 12.0. The molecule has 0 unspecified atom stereocenters. The van der Waals surface area contributed by atoms with Gasteiger partial charge < -0.3 is 4.74 Å². The second-order valence-corrected chi connectivity index (χ2v) is 6.49. The molecule has 6 nitrogen and oxygen atoms in total. The van der Waals surface area contributed by atoms with Crippen molar-refractivity contribution >= 4 is 55.5 Å². The fraction of sp³-hybridized carbons (Fsp3) is 0.167. The summed E-state index contributed by atoms with van der Waals surface area (Å²) in [5.74, 6) is 0.408. The van der Waals surface area contributed by atoms with Crippen LogP contribution >= 0.6 is 34.3 Å². The van der Waals surface area contributed by atoms with Gasteiger partial charge in [0, 0.05) is 0 Å². The Morgan fingerprint density at radius 1 is 1.38 bits per heavy atom. The van der Waals surface area contributed by atoms with E-state index in [9.17, 15) is 4.79 Å². The van der Waals surface area contributed by atoms with Gasteiger partial charge in [0.25, 0.3) is 5.91 Å². The standard InChI is InChI=1S/C12H9ClN4O2S2/c1-2-19-6-3-4-7-8(5-6)20-12(14-7)15-9(18)10-16-17-11(13)21-10/h3-5H,2H2,1H3,(H,14,15,18). The Balaban J connectivity index is 1.82. The third kappa shape index (κ3) is 3.12. The number of thiazole rings is 1. The number of amides is 1. The smallest absolute Gasteiger partial charge is 0.288 e. The van der Waals surface area contributed by atoms with E-state index in [1.165, 1.54) is 11.3 Å². The van der Waals surface area contributed by atoms with Crippen molar-refractivity contribution in [2.24, 2.45) is 0 Å². The van der Waals surface area contributed by atoms with E-state index < -0.39 is 0 Å². The molecule has 0 aliphatic carbocycles. The zero-order chi connectivity index (χ0) is 14.8. The van der Waals surface area contributed by atoms with Crippen LogP contribution in [0.4, 0.5) is 5.13 Å². The van der Waals surface area contributed by atoms with Crippen LogP contribution < -0.4 is 10.1 Å². The zero-order valence-electron chi connectivity index (χ0n) is 10.8. The number of carbonyl (C=O) groups is 1. The first-order valence-electron chi connectivity index (χ1n) is 5.99. The predicted octanol–water partition coefficient (Wildman–Crippen LogP) is 3.45. The first-order valence-corrected chi connectivity index (χ1v) is 8.00. The van der Waals surface area contributed by atoms with Crippen LogP contribution in [0.15, 0.2) is 18.2 Å². The number of hydrogen-bond acceptors (Lipinski definition) is 7. The predicted molar refractivity (Wildman–Crippen MR) is 83.7 cm³/mol. The topological polar surface area (TPSA) is 77.0 Å². The van der Waals surface area contributed by atoms with E-state index in [0.29, 0.717) is 11.7 Å². The minimum Gasteiger partial charge on any atom is -0.494 e. The Morgan fingerprint density at radius 3 is 2.95 bits per heavy atom. The highest BCUT2D eigenvalue weighted by Gasteiger charge is 2.14. The molecule has 0 saturated heterocycles. The average Bonchev–Trinajstić information content (AvgIpc) is 3.04. The quantitative estimate of drug-likeness (QED) is 0.787. The Labute approximate surface area is 132 Å². The number of anilines is 1. The fourth-order valence-corrected chi connectivity index (χ4v) is 3.28. The number of aromatic nitrogens is 3. The van der Waals surface area contributed by atoms with Crippen LogP contribution in [-0.4, -0.2) is 27.7 Å². The Bertz CT molecular complexity index is 802. The zero-order valence-corrected chi connectivity index (χ0v) is 13.2. The summed E-state index contributed by atoms with van der Waals surface area (Å²) in [5, 5.41) is 10.7. The van der Waals surface area contributed by atoms with Crippen LogP contribution in [-0.2, 0) is 0 Å². The molecular formula is C12H9ClN4O2S2. The Hall–Kier alpha value is -1.77. The van der Waals surface area contributed by atoms with Gasteiger partial charge in [0.05, 0.1) is 16.8 Å². The molecule has 0 atom stereocenters. The maximum atomic E-state index is 12.0. The van der Waals surface area contributed by atoms with Crippen LogP contribution in [0.2, 0.25) is 4.47 Å². The number of fused-ring (bicyclic) bond motifs is 1. The monoisotopic (exact) mass is 340 g/mol. The summed E-state index contributed by atoms with van der Waals surface area (Å²) < 4.78 is 6.60. The minimum absolute atomic E-state index is 0.203. The SMILES string of the molecule is CCOc1ccc2nc(NC(=O)c3nnc(Cl)s3)sc2c1. The van der Waals surface area contributed by atoms with Crippen molar-refractivity contribution in [3.05, 3.63) is 27.7 Å². The second kappa shape index (κ2) is 5.92. The highest BCUT2D eigenvalue weighted by molar-refractivity contribution is 7.22.